The third kappa shape index (κ3) is 4.14. The number of hydrogen-bond acceptors (Lipinski definition) is 3. The van der Waals surface area contributed by atoms with Crippen molar-refractivity contribution in [2.45, 2.75) is 64.8 Å². The number of hydrogen-bond donors (Lipinski definition) is 3. The number of aliphatic hydroxyl groups is 3. The van der Waals surface area contributed by atoms with E-state index in [0.717, 1.165) is 18.4 Å². The predicted molar refractivity (Wildman–Crippen MR) is 93.8 cm³/mol. The van der Waals surface area contributed by atoms with Crippen LogP contribution in [-0.4, -0.2) is 33.1 Å². The van der Waals surface area contributed by atoms with Crippen LogP contribution in [-0.2, 0) is 0 Å². The molecule has 2 rings (SSSR count). The molecule has 0 unspecified atom stereocenters. The fraction of sp³-hybridized carbons (Fsp3) is 0.700. The molecule has 0 radical (unpaired) electrons. The second kappa shape index (κ2) is 6.92. The fourth-order valence-electron chi connectivity index (χ4n) is 4.18. The predicted octanol–water partition coefficient (Wildman–Crippen LogP) is 3.22. The quantitative estimate of drug-likeness (QED) is 0.697. The van der Waals surface area contributed by atoms with Crippen LogP contribution in [0.25, 0.3) is 0 Å². The molecule has 0 aliphatic heterocycles. The van der Waals surface area contributed by atoms with E-state index in [-0.39, 0.29) is 23.7 Å². The Morgan fingerprint density at radius 1 is 1.39 bits per heavy atom. The summed E-state index contributed by atoms with van der Waals surface area (Å²) in [5.41, 5.74) is 1.29. The third-order valence-electron chi connectivity index (χ3n) is 5.62. The second-order valence-electron chi connectivity index (χ2n) is 8.07. The maximum absolute atomic E-state index is 11.0. The van der Waals surface area contributed by atoms with E-state index < -0.39 is 17.8 Å². The first-order valence-corrected chi connectivity index (χ1v) is 8.73. The summed E-state index contributed by atoms with van der Waals surface area (Å²) in [5.74, 6) is 0.525. The van der Waals surface area contributed by atoms with Crippen LogP contribution in [0, 0.1) is 23.7 Å². The molecule has 0 bridgehead atoms. The van der Waals surface area contributed by atoms with E-state index in [2.05, 4.69) is 26.5 Å². The van der Waals surface area contributed by atoms with Crippen molar-refractivity contribution >= 4 is 0 Å². The van der Waals surface area contributed by atoms with Gasteiger partial charge >= 0.3 is 0 Å². The highest BCUT2D eigenvalue weighted by molar-refractivity contribution is 5.26. The topological polar surface area (TPSA) is 60.7 Å². The molecule has 23 heavy (non-hydrogen) atoms. The standard InChI is InChI=1S/C20H32O3/c1-12(7-6-10-20(4,5)23)16-11-17(21)14(3)15-9-8-13(2)18(15)19(16)22/h6,8,10,12,15-19,21-23H,3,7,9,11H2,1-2,4-5H3/b10-6+/t12-,15+,16+,17+,18-,19-/m1/s1. The van der Waals surface area contributed by atoms with Crippen molar-refractivity contribution in [3.05, 3.63) is 36.0 Å². The average molecular weight is 320 g/mol. The Bertz CT molecular complexity index is 498. The maximum atomic E-state index is 11.0. The molecule has 0 saturated heterocycles. The molecule has 1 fully saturated rings. The summed E-state index contributed by atoms with van der Waals surface area (Å²) in [4.78, 5) is 0. The van der Waals surface area contributed by atoms with Crippen molar-refractivity contribution in [3.63, 3.8) is 0 Å². The van der Waals surface area contributed by atoms with E-state index in [9.17, 15) is 15.3 Å². The molecule has 0 spiro atoms. The Labute approximate surface area is 140 Å². The van der Waals surface area contributed by atoms with Gasteiger partial charge in [0.25, 0.3) is 0 Å². The van der Waals surface area contributed by atoms with E-state index in [1.165, 1.54) is 5.57 Å². The summed E-state index contributed by atoms with van der Waals surface area (Å²) in [6, 6.07) is 0. The minimum Gasteiger partial charge on any atom is -0.392 e. The zero-order chi connectivity index (χ0) is 17.4. The highest BCUT2D eigenvalue weighted by atomic mass is 16.3. The van der Waals surface area contributed by atoms with E-state index in [4.69, 9.17) is 0 Å². The number of allylic oxidation sites excluding steroid dienone is 2. The largest absolute Gasteiger partial charge is 0.392 e. The first-order chi connectivity index (χ1) is 10.6. The Hall–Kier alpha value is -0.900. The Morgan fingerprint density at radius 3 is 2.65 bits per heavy atom. The van der Waals surface area contributed by atoms with Gasteiger partial charge in [-0.15, -0.1) is 0 Å². The van der Waals surface area contributed by atoms with Crippen molar-refractivity contribution in [2.24, 2.45) is 23.7 Å². The monoisotopic (exact) mass is 320 g/mol. The van der Waals surface area contributed by atoms with Crippen LogP contribution in [0.15, 0.2) is 36.0 Å². The van der Waals surface area contributed by atoms with Gasteiger partial charge in [-0.05, 0) is 63.4 Å². The molecule has 0 heterocycles. The Morgan fingerprint density at radius 2 is 2.04 bits per heavy atom. The van der Waals surface area contributed by atoms with E-state index in [1.54, 1.807) is 19.9 Å². The molecule has 1 saturated carbocycles. The van der Waals surface area contributed by atoms with Crippen molar-refractivity contribution in [2.75, 3.05) is 0 Å². The van der Waals surface area contributed by atoms with Gasteiger partial charge in [-0.25, -0.2) is 0 Å². The zero-order valence-corrected chi connectivity index (χ0v) is 14.9. The van der Waals surface area contributed by atoms with Crippen molar-refractivity contribution < 1.29 is 15.3 Å². The summed E-state index contributed by atoms with van der Waals surface area (Å²) in [7, 11) is 0. The molecular weight excluding hydrogens is 288 g/mol. The molecule has 0 aromatic heterocycles. The van der Waals surface area contributed by atoms with Gasteiger partial charge in [0.15, 0.2) is 0 Å². The lowest BCUT2D eigenvalue weighted by Gasteiger charge is -2.32. The molecule has 0 amide bonds. The van der Waals surface area contributed by atoms with Gasteiger partial charge in [0, 0.05) is 5.92 Å². The molecule has 130 valence electrons. The van der Waals surface area contributed by atoms with Crippen molar-refractivity contribution in [1.29, 1.82) is 0 Å². The van der Waals surface area contributed by atoms with Crippen LogP contribution in [0.3, 0.4) is 0 Å². The van der Waals surface area contributed by atoms with Crippen LogP contribution in [0.4, 0.5) is 0 Å². The fourth-order valence-corrected chi connectivity index (χ4v) is 4.18. The summed E-state index contributed by atoms with van der Waals surface area (Å²) in [6.07, 6.45) is 7.20. The van der Waals surface area contributed by atoms with E-state index >= 15 is 0 Å². The lowest BCUT2D eigenvalue weighted by atomic mass is 9.76. The molecule has 0 aromatic rings. The summed E-state index contributed by atoms with van der Waals surface area (Å²) in [6.45, 7) is 11.8. The van der Waals surface area contributed by atoms with E-state index in [1.807, 2.05) is 6.08 Å². The van der Waals surface area contributed by atoms with E-state index in [0.29, 0.717) is 6.42 Å². The lowest BCUT2D eigenvalue weighted by Crippen LogP contribution is -2.34. The van der Waals surface area contributed by atoms with Gasteiger partial charge in [0.05, 0.1) is 17.8 Å². The molecule has 3 nitrogen and oxygen atoms in total. The summed E-state index contributed by atoms with van der Waals surface area (Å²) < 4.78 is 0. The van der Waals surface area contributed by atoms with Crippen LogP contribution in [0.1, 0.15) is 47.0 Å². The number of fused-ring (bicyclic) bond motifs is 1. The van der Waals surface area contributed by atoms with Gasteiger partial charge in [0.2, 0.25) is 0 Å². The molecular formula is C20H32O3. The lowest BCUT2D eigenvalue weighted by molar-refractivity contribution is 0.0241. The summed E-state index contributed by atoms with van der Waals surface area (Å²) in [5, 5.41) is 31.3. The first kappa shape index (κ1) is 18.4. The molecule has 6 atom stereocenters. The highest BCUT2D eigenvalue weighted by Crippen LogP contribution is 2.47. The second-order valence-corrected chi connectivity index (χ2v) is 8.07. The maximum Gasteiger partial charge on any atom is 0.0771 e. The van der Waals surface area contributed by atoms with Crippen LogP contribution >= 0.6 is 0 Å². The highest BCUT2D eigenvalue weighted by Gasteiger charge is 2.44. The summed E-state index contributed by atoms with van der Waals surface area (Å²) >= 11 is 0. The SMILES string of the molecule is C=C1[C@@H](O)C[C@@H]([C@H](C)C/C=C/C(C)(C)O)[C@@H](O)[C@@H]2C(C)=CC[C@@H]12. The van der Waals surface area contributed by atoms with Gasteiger partial charge in [-0.2, -0.15) is 0 Å². The minimum atomic E-state index is -0.814. The third-order valence-corrected chi connectivity index (χ3v) is 5.62. The number of aliphatic hydroxyl groups excluding tert-OH is 2. The minimum absolute atomic E-state index is 0.0321. The zero-order valence-electron chi connectivity index (χ0n) is 14.9. The molecule has 2 aliphatic rings. The van der Waals surface area contributed by atoms with Gasteiger partial charge in [-0.3, -0.25) is 0 Å². The van der Waals surface area contributed by atoms with Gasteiger partial charge in [0.1, 0.15) is 0 Å². The smallest absolute Gasteiger partial charge is 0.0771 e. The van der Waals surface area contributed by atoms with Crippen LogP contribution in [0.2, 0.25) is 0 Å². The number of rotatable bonds is 4. The molecule has 0 aromatic carbocycles. The van der Waals surface area contributed by atoms with Crippen LogP contribution < -0.4 is 0 Å². The molecule has 2 aliphatic carbocycles. The average Bonchev–Trinajstić information content (AvgIpc) is 2.78. The Kier molecular flexibility index (Phi) is 5.55. The Balaban J connectivity index is 2.15. The molecule has 3 heteroatoms. The van der Waals surface area contributed by atoms with Gasteiger partial charge in [-0.1, -0.05) is 37.3 Å². The van der Waals surface area contributed by atoms with Crippen LogP contribution in [0.5, 0.6) is 0 Å². The first-order valence-electron chi connectivity index (χ1n) is 8.73. The normalized spacial score (nSPS) is 36.7. The van der Waals surface area contributed by atoms with Gasteiger partial charge < -0.3 is 15.3 Å². The van der Waals surface area contributed by atoms with Crippen molar-refractivity contribution in [1.82, 2.24) is 0 Å². The van der Waals surface area contributed by atoms with Crippen molar-refractivity contribution in [3.8, 4) is 0 Å². The molecule has 3 N–H and O–H groups in total.